The molecule has 12 nitrogen and oxygen atoms in total. The molecule has 0 aromatic carbocycles. The Morgan fingerprint density at radius 1 is 0.829 bits per heavy atom. The second kappa shape index (κ2) is 16.8. The topological polar surface area (TPSA) is 200 Å². The van der Waals surface area contributed by atoms with Gasteiger partial charge in [0.15, 0.2) is 0 Å². The Labute approximate surface area is 243 Å². The first-order valence-electron chi connectivity index (χ1n) is 15.0. The van der Waals surface area contributed by atoms with Crippen LogP contribution in [0.15, 0.2) is 0 Å². The highest BCUT2D eigenvalue weighted by molar-refractivity contribution is 5.92. The van der Waals surface area contributed by atoms with E-state index >= 15 is 0 Å². The molecule has 2 fully saturated rings. The van der Waals surface area contributed by atoms with Crippen molar-refractivity contribution >= 4 is 29.9 Å². The molecule has 4 unspecified atom stereocenters. The zero-order chi connectivity index (χ0) is 30.7. The van der Waals surface area contributed by atoms with Gasteiger partial charge in [0.05, 0.1) is 24.8 Å². The minimum absolute atomic E-state index is 0.112. The predicted molar refractivity (Wildman–Crippen MR) is 153 cm³/mol. The molecule has 4 amide bonds. The van der Waals surface area contributed by atoms with Crippen LogP contribution < -0.4 is 27.0 Å². The molecular weight excluding hydrogens is 530 g/mol. The highest BCUT2D eigenvalue weighted by atomic mass is 16.3. The van der Waals surface area contributed by atoms with Crippen molar-refractivity contribution in [1.82, 2.24) is 21.3 Å². The van der Waals surface area contributed by atoms with Crippen LogP contribution in [0.3, 0.4) is 0 Å². The van der Waals surface area contributed by atoms with Gasteiger partial charge in [0.25, 0.3) is 0 Å². The smallest absolute Gasteiger partial charge is 0.242 e. The van der Waals surface area contributed by atoms with Crippen LogP contribution in [0.5, 0.6) is 0 Å². The summed E-state index contributed by atoms with van der Waals surface area (Å²) in [6.07, 6.45) is 8.73. The number of aliphatic hydroxyl groups excluding tert-OH is 2. The molecule has 2 aliphatic rings. The van der Waals surface area contributed by atoms with E-state index in [0.717, 1.165) is 38.5 Å². The molecular formula is C29H50N5O7. The average Bonchev–Trinajstić information content (AvgIpc) is 3.44. The molecule has 12 heteroatoms. The van der Waals surface area contributed by atoms with E-state index in [4.69, 9.17) is 10.8 Å². The monoisotopic (exact) mass is 580 g/mol. The Morgan fingerprint density at radius 2 is 1.41 bits per heavy atom. The van der Waals surface area contributed by atoms with Crippen LogP contribution in [-0.4, -0.2) is 83.0 Å². The first-order valence-corrected chi connectivity index (χ1v) is 15.0. The molecule has 0 heterocycles. The van der Waals surface area contributed by atoms with Crippen molar-refractivity contribution in [3.8, 4) is 0 Å². The zero-order valence-corrected chi connectivity index (χ0v) is 24.9. The molecule has 233 valence electrons. The number of nitrogens with two attached hydrogens (primary N) is 1. The van der Waals surface area contributed by atoms with Crippen LogP contribution in [-0.2, 0) is 24.0 Å². The SMILES string of the molecule is CC(C)[C@@H]([C]=O)NC(=O)C1CCCC1C(O)C(CC1CCCCC1)NC(=O)[C@H](C)NC(=O)[C@H](C)NC(=O)[C@@H](N)CO. The maximum atomic E-state index is 13.2. The van der Waals surface area contributed by atoms with Crippen LogP contribution in [0, 0.1) is 23.7 Å². The average molecular weight is 581 g/mol. The van der Waals surface area contributed by atoms with Gasteiger partial charge in [-0.2, -0.15) is 0 Å². The van der Waals surface area contributed by atoms with Crippen LogP contribution in [0.25, 0.3) is 0 Å². The Kier molecular flexibility index (Phi) is 14.2. The van der Waals surface area contributed by atoms with Gasteiger partial charge < -0.3 is 37.2 Å². The molecule has 0 spiro atoms. The first-order chi connectivity index (χ1) is 19.4. The summed E-state index contributed by atoms with van der Waals surface area (Å²) >= 11 is 0. The van der Waals surface area contributed by atoms with Gasteiger partial charge in [-0.15, -0.1) is 0 Å². The summed E-state index contributed by atoms with van der Waals surface area (Å²) in [6, 6.07) is -4.47. The summed E-state index contributed by atoms with van der Waals surface area (Å²) in [4.78, 5) is 62.2. The van der Waals surface area contributed by atoms with Crippen LogP contribution in [0.1, 0.15) is 85.5 Å². The van der Waals surface area contributed by atoms with Crippen molar-refractivity contribution in [2.45, 2.75) is 122 Å². The van der Waals surface area contributed by atoms with Gasteiger partial charge in [0.1, 0.15) is 18.1 Å². The third-order valence-electron chi connectivity index (χ3n) is 8.53. The van der Waals surface area contributed by atoms with E-state index in [9.17, 15) is 29.1 Å². The lowest BCUT2D eigenvalue weighted by Gasteiger charge is -2.35. The summed E-state index contributed by atoms with van der Waals surface area (Å²) in [6.45, 7) is 6.03. The minimum atomic E-state index is -1.16. The number of hydrogen-bond donors (Lipinski definition) is 7. The van der Waals surface area contributed by atoms with E-state index in [-0.39, 0.29) is 17.7 Å². The molecule has 2 saturated carbocycles. The summed E-state index contributed by atoms with van der Waals surface area (Å²) in [7, 11) is 0. The predicted octanol–water partition coefficient (Wildman–Crippen LogP) is -0.202. The molecule has 8 atom stereocenters. The van der Waals surface area contributed by atoms with Gasteiger partial charge in [0, 0.05) is 5.92 Å². The van der Waals surface area contributed by atoms with Crippen molar-refractivity contribution in [3.63, 3.8) is 0 Å². The van der Waals surface area contributed by atoms with E-state index in [1.807, 2.05) is 20.1 Å². The second-order valence-corrected chi connectivity index (χ2v) is 12.1. The molecule has 1 radical (unpaired) electrons. The Hall–Kier alpha value is -2.57. The van der Waals surface area contributed by atoms with E-state index in [1.165, 1.54) is 13.8 Å². The maximum absolute atomic E-state index is 13.2. The molecule has 0 saturated heterocycles. The van der Waals surface area contributed by atoms with Gasteiger partial charge in [-0.1, -0.05) is 52.4 Å². The molecule has 8 N–H and O–H groups in total. The number of carbonyl (C=O) groups excluding carboxylic acids is 5. The van der Waals surface area contributed by atoms with Crippen molar-refractivity contribution in [1.29, 1.82) is 0 Å². The highest BCUT2D eigenvalue weighted by Gasteiger charge is 2.42. The Balaban J connectivity index is 2.11. The molecule has 0 aromatic rings. The largest absolute Gasteiger partial charge is 0.394 e. The van der Waals surface area contributed by atoms with Gasteiger partial charge in [-0.3, -0.25) is 24.0 Å². The summed E-state index contributed by atoms with van der Waals surface area (Å²) in [5, 5.41) is 31.3. The zero-order valence-electron chi connectivity index (χ0n) is 24.9. The molecule has 2 aliphatic carbocycles. The van der Waals surface area contributed by atoms with Gasteiger partial charge in [-0.05, 0) is 50.9 Å². The maximum Gasteiger partial charge on any atom is 0.242 e. The quantitative estimate of drug-likeness (QED) is 0.138. The third-order valence-corrected chi connectivity index (χ3v) is 8.53. The van der Waals surface area contributed by atoms with E-state index in [1.54, 1.807) is 0 Å². The van der Waals surface area contributed by atoms with Crippen molar-refractivity contribution in [2.24, 2.45) is 29.4 Å². The van der Waals surface area contributed by atoms with Gasteiger partial charge in [0.2, 0.25) is 29.9 Å². The normalized spacial score (nSPS) is 23.9. The minimum Gasteiger partial charge on any atom is -0.394 e. The highest BCUT2D eigenvalue weighted by Crippen LogP contribution is 2.37. The van der Waals surface area contributed by atoms with E-state index < -0.39 is 66.6 Å². The number of nitrogens with one attached hydrogen (secondary N) is 4. The number of rotatable bonds is 15. The lowest BCUT2D eigenvalue weighted by Crippen LogP contribution is -2.57. The standard InChI is InChI=1S/C29H50N5O7/c1-16(2)24(15-36)34-28(40)21-12-8-11-20(21)25(37)23(13-19-9-6-5-7-10-19)33-27(39)18(4)31-26(38)17(3)32-29(41)22(30)14-35/h16-25,35,37H,5-14,30H2,1-4H3,(H,31,38)(H,32,41)(H,33,39)(H,34,40)/t17-,18-,20?,21?,22-,23?,24+,25?/m0/s1. The first kappa shape index (κ1) is 34.6. The lowest BCUT2D eigenvalue weighted by molar-refractivity contribution is -0.132. The number of carbonyl (C=O) groups is 4. The van der Waals surface area contributed by atoms with Crippen LogP contribution in [0.4, 0.5) is 0 Å². The molecule has 2 rings (SSSR count). The van der Waals surface area contributed by atoms with Crippen molar-refractivity contribution in [2.75, 3.05) is 6.61 Å². The molecule has 0 aliphatic heterocycles. The number of aliphatic hydroxyl groups is 2. The second-order valence-electron chi connectivity index (χ2n) is 12.1. The Bertz CT molecular complexity index is 895. The van der Waals surface area contributed by atoms with Crippen molar-refractivity contribution < 1.29 is 34.2 Å². The number of hydrogen-bond acceptors (Lipinski definition) is 8. The summed E-state index contributed by atoms with van der Waals surface area (Å²) in [5.74, 6) is -2.73. The summed E-state index contributed by atoms with van der Waals surface area (Å²) < 4.78 is 0. The third kappa shape index (κ3) is 10.3. The lowest BCUT2D eigenvalue weighted by atomic mass is 9.79. The fraction of sp³-hybridized carbons (Fsp3) is 0.828. The van der Waals surface area contributed by atoms with E-state index in [0.29, 0.717) is 25.2 Å². The fourth-order valence-electron chi connectivity index (χ4n) is 5.86. The Morgan fingerprint density at radius 3 is 1.98 bits per heavy atom. The summed E-state index contributed by atoms with van der Waals surface area (Å²) in [5.41, 5.74) is 5.47. The fourth-order valence-corrected chi connectivity index (χ4v) is 5.86. The van der Waals surface area contributed by atoms with Crippen LogP contribution in [0.2, 0.25) is 0 Å². The van der Waals surface area contributed by atoms with Gasteiger partial charge >= 0.3 is 0 Å². The molecule has 0 bridgehead atoms. The van der Waals surface area contributed by atoms with Crippen molar-refractivity contribution in [3.05, 3.63) is 0 Å². The molecule has 41 heavy (non-hydrogen) atoms. The van der Waals surface area contributed by atoms with Gasteiger partial charge in [-0.25, -0.2) is 0 Å². The number of amides is 4. The van der Waals surface area contributed by atoms with Crippen LogP contribution >= 0.6 is 0 Å². The van der Waals surface area contributed by atoms with E-state index in [2.05, 4.69) is 21.3 Å². The molecule has 0 aromatic heterocycles.